The van der Waals surface area contributed by atoms with Gasteiger partial charge in [0.05, 0.1) is 38.5 Å². The summed E-state index contributed by atoms with van der Waals surface area (Å²) >= 11 is 0. The molecule has 232 valence electrons. The Labute approximate surface area is 253 Å². The summed E-state index contributed by atoms with van der Waals surface area (Å²) in [6.45, 7) is 5.52. The van der Waals surface area contributed by atoms with Crippen molar-refractivity contribution in [3.8, 4) is 23.0 Å². The summed E-state index contributed by atoms with van der Waals surface area (Å²) in [5.41, 5.74) is 0.974. The number of anilines is 1. The highest BCUT2D eigenvalue weighted by atomic mass is 32.2. The van der Waals surface area contributed by atoms with Crippen molar-refractivity contribution in [2.24, 2.45) is 0 Å². The summed E-state index contributed by atoms with van der Waals surface area (Å²) in [4.78, 5) is 28.2. The van der Waals surface area contributed by atoms with E-state index >= 15 is 0 Å². The van der Waals surface area contributed by atoms with Gasteiger partial charge in [-0.1, -0.05) is 12.1 Å². The topological polar surface area (TPSA) is 124 Å². The van der Waals surface area contributed by atoms with Crippen LogP contribution in [0.3, 0.4) is 0 Å². The monoisotopic (exact) mass is 613 g/mol. The van der Waals surface area contributed by atoms with Crippen LogP contribution in [0.4, 0.5) is 5.69 Å². The van der Waals surface area contributed by atoms with E-state index in [9.17, 15) is 18.0 Å². The van der Waals surface area contributed by atoms with Crippen LogP contribution in [-0.2, 0) is 26.2 Å². The zero-order chi connectivity index (χ0) is 31.6. The number of carbonyl (C=O) groups excluding carboxylic acids is 2. The van der Waals surface area contributed by atoms with E-state index in [0.29, 0.717) is 30.4 Å². The van der Waals surface area contributed by atoms with Gasteiger partial charge in [-0.05, 0) is 74.9 Å². The first-order valence-corrected chi connectivity index (χ1v) is 15.2. The highest BCUT2D eigenvalue weighted by molar-refractivity contribution is 7.92. The highest BCUT2D eigenvalue weighted by Crippen LogP contribution is 2.33. The number of carbonyl (C=O) groups is 2. The Morgan fingerprint density at radius 1 is 0.837 bits per heavy atom. The van der Waals surface area contributed by atoms with Crippen molar-refractivity contribution in [2.45, 2.75) is 38.3 Å². The number of hydrogen-bond acceptors (Lipinski definition) is 8. The van der Waals surface area contributed by atoms with Crippen molar-refractivity contribution < 1.29 is 37.0 Å². The Morgan fingerprint density at radius 3 is 2.02 bits per heavy atom. The van der Waals surface area contributed by atoms with E-state index in [4.69, 9.17) is 18.9 Å². The van der Waals surface area contributed by atoms with E-state index in [1.165, 1.54) is 37.3 Å². The predicted octanol–water partition coefficient (Wildman–Crippen LogP) is 3.86. The minimum atomic E-state index is -4.31. The van der Waals surface area contributed by atoms with Gasteiger partial charge in [-0.25, -0.2) is 8.42 Å². The summed E-state index contributed by atoms with van der Waals surface area (Å²) in [5, 5.41) is 2.74. The summed E-state index contributed by atoms with van der Waals surface area (Å²) in [7, 11) is 0.0940. The lowest BCUT2D eigenvalue weighted by atomic mass is 10.1. The molecule has 1 unspecified atom stereocenters. The fourth-order valence-corrected chi connectivity index (χ4v) is 5.77. The molecule has 1 N–H and O–H groups in total. The van der Waals surface area contributed by atoms with Gasteiger partial charge >= 0.3 is 0 Å². The molecule has 3 rings (SSSR count). The first kappa shape index (κ1) is 33.1. The van der Waals surface area contributed by atoms with Gasteiger partial charge in [0.2, 0.25) is 11.8 Å². The van der Waals surface area contributed by atoms with E-state index < -0.39 is 28.5 Å². The van der Waals surface area contributed by atoms with Crippen LogP contribution in [0.5, 0.6) is 23.0 Å². The van der Waals surface area contributed by atoms with Crippen LogP contribution in [0.2, 0.25) is 0 Å². The van der Waals surface area contributed by atoms with Gasteiger partial charge in [0.1, 0.15) is 24.1 Å². The second-order valence-corrected chi connectivity index (χ2v) is 11.3. The van der Waals surface area contributed by atoms with Gasteiger partial charge in [-0.15, -0.1) is 0 Å². The van der Waals surface area contributed by atoms with Crippen LogP contribution in [0.25, 0.3) is 0 Å². The molecule has 2 amide bonds. The number of hydrogen-bond donors (Lipinski definition) is 1. The summed E-state index contributed by atoms with van der Waals surface area (Å²) in [5.74, 6) is 0.819. The lowest BCUT2D eigenvalue weighted by Gasteiger charge is -2.32. The van der Waals surface area contributed by atoms with E-state index in [0.717, 1.165) is 9.87 Å². The fraction of sp³-hybridized carbons (Fsp3) is 0.355. The van der Waals surface area contributed by atoms with Gasteiger partial charge in [0, 0.05) is 19.2 Å². The number of nitrogens with zero attached hydrogens (tertiary/aromatic N) is 2. The summed E-state index contributed by atoms with van der Waals surface area (Å²) < 4.78 is 50.6. The normalized spacial score (nSPS) is 11.7. The molecular formula is C31H39N3O8S. The smallest absolute Gasteiger partial charge is 0.264 e. The van der Waals surface area contributed by atoms with Crippen molar-refractivity contribution in [3.63, 3.8) is 0 Å². The SMILES string of the molecule is CCNC(=O)C(C)N(Cc1ccc(OC)cc1)C(=O)CN(c1ccc(OCC)cc1)S(=O)(=O)c1ccc(OC)c(OC)c1. The molecule has 0 aliphatic heterocycles. The minimum Gasteiger partial charge on any atom is -0.497 e. The zero-order valence-corrected chi connectivity index (χ0v) is 26.1. The van der Waals surface area contributed by atoms with Crippen LogP contribution in [0.1, 0.15) is 26.3 Å². The van der Waals surface area contributed by atoms with E-state index in [-0.39, 0.29) is 28.8 Å². The third kappa shape index (κ3) is 8.10. The molecule has 43 heavy (non-hydrogen) atoms. The Bertz CT molecular complexity index is 1480. The number of sulfonamides is 1. The average Bonchev–Trinajstić information content (AvgIpc) is 3.02. The van der Waals surface area contributed by atoms with Crippen LogP contribution in [0.15, 0.2) is 71.6 Å². The molecule has 0 heterocycles. The molecule has 3 aromatic carbocycles. The molecule has 11 nitrogen and oxygen atoms in total. The van der Waals surface area contributed by atoms with Crippen LogP contribution in [0, 0.1) is 0 Å². The first-order valence-electron chi connectivity index (χ1n) is 13.8. The average molecular weight is 614 g/mol. The lowest BCUT2D eigenvalue weighted by molar-refractivity contribution is -0.139. The number of ether oxygens (including phenoxy) is 4. The second-order valence-electron chi connectivity index (χ2n) is 9.40. The molecule has 0 radical (unpaired) electrons. The molecule has 0 aromatic heterocycles. The van der Waals surface area contributed by atoms with Gasteiger partial charge < -0.3 is 29.2 Å². The van der Waals surface area contributed by atoms with Gasteiger partial charge in [0.15, 0.2) is 11.5 Å². The predicted molar refractivity (Wildman–Crippen MR) is 163 cm³/mol. The third-order valence-electron chi connectivity index (χ3n) is 6.69. The fourth-order valence-electron chi connectivity index (χ4n) is 4.34. The van der Waals surface area contributed by atoms with Crippen molar-refractivity contribution in [2.75, 3.05) is 45.3 Å². The maximum atomic E-state index is 14.1. The maximum absolute atomic E-state index is 14.1. The van der Waals surface area contributed by atoms with Gasteiger partial charge in [0.25, 0.3) is 10.0 Å². The number of likely N-dealkylation sites (N-methyl/N-ethyl adjacent to an activating group) is 1. The zero-order valence-electron chi connectivity index (χ0n) is 25.3. The molecule has 0 saturated heterocycles. The van der Waals surface area contributed by atoms with Crippen LogP contribution < -0.4 is 28.6 Å². The van der Waals surface area contributed by atoms with Crippen molar-refractivity contribution in [1.82, 2.24) is 10.2 Å². The van der Waals surface area contributed by atoms with E-state index in [1.807, 2.05) is 6.92 Å². The summed E-state index contributed by atoms with van der Waals surface area (Å²) in [6.07, 6.45) is 0. The van der Waals surface area contributed by atoms with Gasteiger partial charge in [-0.2, -0.15) is 0 Å². The Hall–Kier alpha value is -4.45. The quantitative estimate of drug-likeness (QED) is 0.274. The van der Waals surface area contributed by atoms with Crippen LogP contribution >= 0.6 is 0 Å². The van der Waals surface area contributed by atoms with Crippen molar-refractivity contribution >= 4 is 27.5 Å². The van der Waals surface area contributed by atoms with Crippen LogP contribution in [-0.4, -0.2) is 72.2 Å². The molecule has 0 saturated carbocycles. The number of methoxy groups -OCH3 is 3. The number of benzene rings is 3. The standard InChI is InChI=1S/C31H39N3O8S/c1-7-32-31(36)22(3)33(20-23-9-13-25(39-4)14-10-23)30(35)21-34(24-11-15-26(16-12-24)42-8-2)43(37,38)27-17-18-28(40-5)29(19-27)41-6/h9-19,22H,7-8,20-21H2,1-6H3,(H,32,36). The maximum Gasteiger partial charge on any atom is 0.264 e. The van der Waals surface area contributed by atoms with Gasteiger partial charge in [-0.3, -0.25) is 13.9 Å². The third-order valence-corrected chi connectivity index (χ3v) is 8.46. The summed E-state index contributed by atoms with van der Waals surface area (Å²) in [6, 6.07) is 16.8. The molecule has 0 aliphatic rings. The highest BCUT2D eigenvalue weighted by Gasteiger charge is 2.33. The molecule has 0 fully saturated rings. The second kappa shape index (κ2) is 15.1. The molecule has 12 heteroatoms. The van der Waals surface area contributed by atoms with Crippen molar-refractivity contribution in [1.29, 1.82) is 0 Å². The molecule has 0 aliphatic carbocycles. The number of rotatable bonds is 15. The number of nitrogens with one attached hydrogen (secondary N) is 1. The molecular weight excluding hydrogens is 574 g/mol. The molecule has 1 atom stereocenters. The Morgan fingerprint density at radius 2 is 1.47 bits per heavy atom. The van der Waals surface area contributed by atoms with E-state index in [1.54, 1.807) is 69.5 Å². The minimum absolute atomic E-state index is 0.0641. The largest absolute Gasteiger partial charge is 0.497 e. The number of amides is 2. The molecule has 0 bridgehead atoms. The van der Waals surface area contributed by atoms with Crippen molar-refractivity contribution in [3.05, 3.63) is 72.3 Å². The molecule has 0 spiro atoms. The lowest BCUT2D eigenvalue weighted by Crippen LogP contribution is -2.51. The Balaban J connectivity index is 2.07. The molecule has 3 aromatic rings. The Kier molecular flexibility index (Phi) is 11.6. The first-order chi connectivity index (χ1) is 20.6. The van der Waals surface area contributed by atoms with E-state index in [2.05, 4.69) is 5.32 Å².